The van der Waals surface area contributed by atoms with Crippen molar-refractivity contribution in [2.45, 2.75) is 24.8 Å². The van der Waals surface area contributed by atoms with Gasteiger partial charge in [0.1, 0.15) is 11.4 Å². The number of aromatic nitrogens is 1. The molecule has 0 bridgehead atoms. The fraction of sp³-hybridized carbons (Fsp3) is 0.462. The van der Waals surface area contributed by atoms with Gasteiger partial charge in [-0.2, -0.15) is 0 Å². The molecule has 1 atom stereocenters. The highest BCUT2D eigenvalue weighted by molar-refractivity contribution is 6.04. The minimum absolute atomic E-state index is 0.149. The van der Waals surface area contributed by atoms with E-state index in [2.05, 4.69) is 4.98 Å². The molecule has 7 heteroatoms. The molecule has 7 nitrogen and oxygen atoms in total. The van der Waals surface area contributed by atoms with Crippen LogP contribution in [-0.4, -0.2) is 45.6 Å². The van der Waals surface area contributed by atoms with Crippen LogP contribution < -0.4 is 10.6 Å². The lowest BCUT2D eigenvalue weighted by molar-refractivity contribution is -0.125. The van der Waals surface area contributed by atoms with E-state index in [1.54, 1.807) is 23.2 Å². The van der Waals surface area contributed by atoms with Crippen molar-refractivity contribution in [1.29, 1.82) is 0 Å². The Morgan fingerprint density at radius 1 is 1.35 bits per heavy atom. The summed E-state index contributed by atoms with van der Waals surface area (Å²) >= 11 is 0. The summed E-state index contributed by atoms with van der Waals surface area (Å²) in [6.07, 6.45) is 2.38. The minimum atomic E-state index is -1.02. The fourth-order valence-corrected chi connectivity index (χ4v) is 3.20. The van der Waals surface area contributed by atoms with Crippen LogP contribution >= 0.6 is 0 Å². The Morgan fingerprint density at radius 3 is 2.80 bits per heavy atom. The molecular formula is C13H16N4O3. The molecular weight excluding hydrogens is 260 g/mol. The number of carboxylic acid groups (broad SMARTS) is 1. The predicted octanol–water partition coefficient (Wildman–Crippen LogP) is 0.913. The Kier molecular flexibility index (Phi) is 2.77. The van der Waals surface area contributed by atoms with Crippen LogP contribution in [-0.2, 0) is 4.79 Å². The molecule has 20 heavy (non-hydrogen) atoms. The van der Waals surface area contributed by atoms with E-state index < -0.39 is 11.6 Å². The summed E-state index contributed by atoms with van der Waals surface area (Å²) in [5.41, 5.74) is 5.32. The second kappa shape index (κ2) is 4.36. The number of nitrogens with two attached hydrogens (primary N) is 1. The summed E-state index contributed by atoms with van der Waals surface area (Å²) in [5.74, 6) is 0.243. The third-order valence-electron chi connectivity index (χ3n) is 4.19. The number of likely N-dealkylation sites (tertiary alicyclic amines) is 1. The van der Waals surface area contributed by atoms with E-state index in [9.17, 15) is 14.7 Å². The average Bonchev–Trinajstić information content (AvgIpc) is 2.98. The van der Waals surface area contributed by atoms with E-state index in [-0.39, 0.29) is 5.91 Å². The molecule has 2 fully saturated rings. The molecule has 0 radical (unpaired) electrons. The number of pyridine rings is 1. The number of carbonyl (C=O) groups excluding carboxylic acids is 1. The molecule has 3 rings (SSSR count). The molecule has 1 spiro atoms. The maximum Gasteiger partial charge on any atom is 0.408 e. The molecule has 2 aliphatic rings. The second-order valence-electron chi connectivity index (χ2n) is 5.22. The van der Waals surface area contributed by atoms with Gasteiger partial charge in [-0.25, -0.2) is 9.78 Å². The van der Waals surface area contributed by atoms with Gasteiger partial charge in [-0.15, -0.1) is 0 Å². The van der Waals surface area contributed by atoms with Gasteiger partial charge in [0.05, 0.1) is 11.9 Å². The summed E-state index contributed by atoms with van der Waals surface area (Å²) in [6.45, 7) is 0.934. The number of rotatable bonds is 1. The fourth-order valence-electron chi connectivity index (χ4n) is 3.20. The Labute approximate surface area is 116 Å². The molecule has 0 saturated carbocycles. The SMILES string of the molecule is Nc1ccc(N2CCC3(CCCN3C(=O)O)C2=O)cn1. The summed E-state index contributed by atoms with van der Waals surface area (Å²) in [5, 5.41) is 9.28. The molecule has 3 heterocycles. The van der Waals surface area contributed by atoms with Crippen molar-refractivity contribution < 1.29 is 14.7 Å². The van der Waals surface area contributed by atoms with Crippen molar-refractivity contribution in [3.63, 3.8) is 0 Å². The van der Waals surface area contributed by atoms with Gasteiger partial charge in [-0.05, 0) is 31.4 Å². The first-order valence-corrected chi connectivity index (χ1v) is 6.59. The normalized spacial score (nSPS) is 25.7. The molecule has 2 amide bonds. The number of amides is 2. The lowest BCUT2D eigenvalue weighted by atomic mass is 9.94. The van der Waals surface area contributed by atoms with Gasteiger partial charge in [0.25, 0.3) is 5.91 Å². The van der Waals surface area contributed by atoms with E-state index >= 15 is 0 Å². The number of hydrogen-bond donors (Lipinski definition) is 2. The molecule has 2 aliphatic heterocycles. The first kappa shape index (κ1) is 12.7. The Bertz CT molecular complexity index is 559. The van der Waals surface area contributed by atoms with Gasteiger partial charge in [0.15, 0.2) is 0 Å². The summed E-state index contributed by atoms with van der Waals surface area (Å²) in [4.78, 5) is 30.9. The zero-order valence-corrected chi connectivity index (χ0v) is 11.0. The van der Waals surface area contributed by atoms with Crippen molar-refractivity contribution in [3.8, 4) is 0 Å². The number of anilines is 2. The van der Waals surface area contributed by atoms with Crippen LogP contribution in [0.3, 0.4) is 0 Å². The minimum Gasteiger partial charge on any atom is -0.465 e. The summed E-state index contributed by atoms with van der Waals surface area (Å²) in [7, 11) is 0. The average molecular weight is 276 g/mol. The highest BCUT2D eigenvalue weighted by atomic mass is 16.4. The van der Waals surface area contributed by atoms with Crippen molar-refractivity contribution >= 4 is 23.5 Å². The quantitative estimate of drug-likeness (QED) is 0.794. The molecule has 0 aromatic carbocycles. The highest BCUT2D eigenvalue weighted by Gasteiger charge is 2.55. The van der Waals surface area contributed by atoms with Gasteiger partial charge in [-0.1, -0.05) is 0 Å². The van der Waals surface area contributed by atoms with Crippen LogP contribution in [0.15, 0.2) is 18.3 Å². The highest BCUT2D eigenvalue weighted by Crippen LogP contribution is 2.40. The zero-order chi connectivity index (χ0) is 14.3. The van der Waals surface area contributed by atoms with Crippen LogP contribution in [0.4, 0.5) is 16.3 Å². The largest absolute Gasteiger partial charge is 0.465 e. The second-order valence-corrected chi connectivity index (χ2v) is 5.22. The van der Waals surface area contributed by atoms with E-state index in [1.165, 1.54) is 4.90 Å². The van der Waals surface area contributed by atoms with Crippen LogP contribution in [0.25, 0.3) is 0 Å². The van der Waals surface area contributed by atoms with Crippen molar-refractivity contribution in [2.24, 2.45) is 0 Å². The number of nitrogens with zero attached hydrogens (tertiary/aromatic N) is 3. The van der Waals surface area contributed by atoms with Crippen LogP contribution in [0.1, 0.15) is 19.3 Å². The lowest BCUT2D eigenvalue weighted by Crippen LogP contribution is -2.52. The molecule has 1 unspecified atom stereocenters. The standard InChI is InChI=1S/C13H16N4O3/c14-10-3-2-9(8-15-10)16-7-5-13(11(16)18)4-1-6-17(13)12(19)20/h2-3,8H,1,4-7H2,(H2,14,15)(H,19,20). The molecule has 3 N–H and O–H groups in total. The first-order chi connectivity index (χ1) is 9.54. The maximum atomic E-state index is 12.7. The lowest BCUT2D eigenvalue weighted by Gasteiger charge is -2.31. The predicted molar refractivity (Wildman–Crippen MR) is 72.3 cm³/mol. The summed E-state index contributed by atoms with van der Waals surface area (Å²) < 4.78 is 0. The van der Waals surface area contributed by atoms with Gasteiger partial charge in [0.2, 0.25) is 0 Å². The first-order valence-electron chi connectivity index (χ1n) is 6.59. The van der Waals surface area contributed by atoms with Crippen LogP contribution in [0.2, 0.25) is 0 Å². The van der Waals surface area contributed by atoms with Crippen LogP contribution in [0.5, 0.6) is 0 Å². The number of nitrogen functional groups attached to an aromatic ring is 1. The van der Waals surface area contributed by atoms with Crippen molar-refractivity contribution in [1.82, 2.24) is 9.88 Å². The number of hydrogen-bond acceptors (Lipinski definition) is 4. The van der Waals surface area contributed by atoms with Crippen molar-refractivity contribution in [2.75, 3.05) is 23.7 Å². The van der Waals surface area contributed by atoms with E-state index in [1.807, 2.05) is 0 Å². The summed E-state index contributed by atoms with van der Waals surface area (Å²) in [6, 6.07) is 3.37. The van der Waals surface area contributed by atoms with E-state index in [0.29, 0.717) is 37.4 Å². The molecule has 0 aliphatic carbocycles. The molecule has 106 valence electrons. The van der Waals surface area contributed by atoms with Gasteiger partial charge >= 0.3 is 6.09 Å². The zero-order valence-electron chi connectivity index (χ0n) is 11.0. The molecule has 2 saturated heterocycles. The molecule has 1 aromatic rings. The topological polar surface area (TPSA) is 99.8 Å². The smallest absolute Gasteiger partial charge is 0.408 e. The van der Waals surface area contributed by atoms with Crippen molar-refractivity contribution in [3.05, 3.63) is 18.3 Å². The van der Waals surface area contributed by atoms with Gasteiger partial charge < -0.3 is 15.7 Å². The third-order valence-corrected chi connectivity index (χ3v) is 4.19. The maximum absolute atomic E-state index is 12.7. The Balaban J connectivity index is 1.90. The Hall–Kier alpha value is -2.31. The van der Waals surface area contributed by atoms with Gasteiger partial charge in [0, 0.05) is 13.1 Å². The van der Waals surface area contributed by atoms with E-state index in [0.717, 1.165) is 6.42 Å². The third kappa shape index (κ3) is 1.70. The van der Waals surface area contributed by atoms with Gasteiger partial charge in [-0.3, -0.25) is 9.69 Å². The van der Waals surface area contributed by atoms with E-state index in [4.69, 9.17) is 5.73 Å². The number of carbonyl (C=O) groups is 2. The van der Waals surface area contributed by atoms with Crippen LogP contribution in [0, 0.1) is 0 Å². The molecule has 1 aromatic heterocycles. The Morgan fingerprint density at radius 2 is 2.15 bits per heavy atom. The monoisotopic (exact) mass is 276 g/mol.